The Bertz CT molecular complexity index is 400. The van der Waals surface area contributed by atoms with E-state index < -0.39 is 0 Å². The highest BCUT2D eigenvalue weighted by molar-refractivity contribution is 7.15. The molecular formula is C10H10N2OS. The molecule has 0 unspecified atom stereocenters. The van der Waals surface area contributed by atoms with E-state index in [-0.39, 0.29) is 0 Å². The number of thiazole rings is 1. The van der Waals surface area contributed by atoms with E-state index in [4.69, 9.17) is 10.5 Å². The molecule has 1 heterocycles. The fourth-order valence-corrected chi connectivity index (χ4v) is 1.66. The summed E-state index contributed by atoms with van der Waals surface area (Å²) in [5, 5.41) is 0.580. The van der Waals surface area contributed by atoms with Gasteiger partial charge in [-0.1, -0.05) is 29.5 Å². The third-order valence-corrected chi connectivity index (χ3v) is 2.50. The molecule has 0 saturated heterocycles. The number of ether oxygens (including phenoxy) is 1. The Morgan fingerprint density at radius 1 is 1.29 bits per heavy atom. The highest BCUT2D eigenvalue weighted by Crippen LogP contribution is 2.17. The van der Waals surface area contributed by atoms with Crippen molar-refractivity contribution in [3.63, 3.8) is 0 Å². The summed E-state index contributed by atoms with van der Waals surface area (Å²) >= 11 is 1.45. The molecule has 3 nitrogen and oxygen atoms in total. The maximum atomic E-state index is 5.52. The van der Waals surface area contributed by atoms with Gasteiger partial charge in [-0.25, -0.2) is 4.98 Å². The number of benzene rings is 1. The first-order valence-electron chi connectivity index (χ1n) is 4.22. The smallest absolute Gasteiger partial charge is 0.180 e. The van der Waals surface area contributed by atoms with Crippen molar-refractivity contribution in [2.24, 2.45) is 0 Å². The van der Waals surface area contributed by atoms with Gasteiger partial charge in [-0.3, -0.25) is 0 Å². The molecule has 2 N–H and O–H groups in total. The number of hydrogen-bond donors (Lipinski definition) is 1. The lowest BCUT2D eigenvalue weighted by Crippen LogP contribution is -1.91. The molecule has 0 amide bonds. The second kappa shape index (κ2) is 4.11. The number of nitrogens with two attached hydrogens (primary N) is 1. The fourth-order valence-electron chi connectivity index (χ4n) is 1.06. The minimum atomic E-state index is 0.527. The van der Waals surface area contributed by atoms with Crippen LogP contribution in [-0.2, 0) is 6.61 Å². The van der Waals surface area contributed by atoms with Crippen LogP contribution < -0.4 is 10.5 Å². The molecule has 0 saturated carbocycles. The molecule has 0 bridgehead atoms. The van der Waals surface area contributed by atoms with E-state index in [1.54, 1.807) is 6.20 Å². The van der Waals surface area contributed by atoms with Crippen LogP contribution in [0.1, 0.15) is 4.88 Å². The zero-order valence-electron chi connectivity index (χ0n) is 7.51. The van der Waals surface area contributed by atoms with Gasteiger partial charge < -0.3 is 10.5 Å². The Kier molecular flexibility index (Phi) is 2.65. The van der Waals surface area contributed by atoms with Gasteiger partial charge in [0.05, 0.1) is 4.88 Å². The maximum Gasteiger partial charge on any atom is 0.180 e. The first kappa shape index (κ1) is 9.02. The molecule has 0 radical (unpaired) electrons. The van der Waals surface area contributed by atoms with Crippen LogP contribution in [-0.4, -0.2) is 4.98 Å². The van der Waals surface area contributed by atoms with Gasteiger partial charge in [0.25, 0.3) is 0 Å². The molecule has 2 aromatic rings. The van der Waals surface area contributed by atoms with Crippen molar-refractivity contribution in [1.29, 1.82) is 0 Å². The average Bonchev–Trinajstić information content (AvgIpc) is 2.63. The van der Waals surface area contributed by atoms with E-state index in [2.05, 4.69) is 4.98 Å². The zero-order valence-corrected chi connectivity index (χ0v) is 8.33. The number of anilines is 1. The van der Waals surface area contributed by atoms with Crippen molar-refractivity contribution >= 4 is 16.5 Å². The van der Waals surface area contributed by atoms with Crippen molar-refractivity contribution in [3.8, 4) is 5.75 Å². The molecule has 1 aromatic carbocycles. The molecule has 0 aliphatic carbocycles. The Labute approximate surface area is 86.2 Å². The standard InChI is InChI=1S/C10H10N2OS/c11-10-12-6-9(14-10)7-13-8-4-2-1-3-5-8/h1-6H,7H2,(H2,11,12). The topological polar surface area (TPSA) is 48.1 Å². The maximum absolute atomic E-state index is 5.52. The summed E-state index contributed by atoms with van der Waals surface area (Å²) in [6, 6.07) is 9.68. The van der Waals surface area contributed by atoms with E-state index >= 15 is 0 Å². The third-order valence-electron chi connectivity index (χ3n) is 1.70. The second-order valence-electron chi connectivity index (χ2n) is 2.77. The predicted molar refractivity (Wildman–Crippen MR) is 57.3 cm³/mol. The van der Waals surface area contributed by atoms with E-state index in [0.29, 0.717) is 11.7 Å². The van der Waals surface area contributed by atoms with Gasteiger partial charge in [0.1, 0.15) is 12.4 Å². The molecule has 0 spiro atoms. The van der Waals surface area contributed by atoms with Crippen LogP contribution in [0, 0.1) is 0 Å². The monoisotopic (exact) mass is 206 g/mol. The van der Waals surface area contributed by atoms with Crippen molar-refractivity contribution in [2.75, 3.05) is 5.73 Å². The molecule has 1 aromatic heterocycles. The van der Waals surface area contributed by atoms with E-state index in [0.717, 1.165) is 10.6 Å². The summed E-state index contributed by atoms with van der Waals surface area (Å²) in [4.78, 5) is 4.98. The van der Waals surface area contributed by atoms with Gasteiger partial charge in [0, 0.05) is 6.20 Å². The molecule has 0 fully saturated rings. The Morgan fingerprint density at radius 3 is 2.71 bits per heavy atom. The molecule has 72 valence electrons. The third kappa shape index (κ3) is 2.23. The largest absolute Gasteiger partial charge is 0.488 e. The van der Waals surface area contributed by atoms with E-state index in [9.17, 15) is 0 Å². The number of nitrogen functional groups attached to an aromatic ring is 1. The van der Waals surface area contributed by atoms with Gasteiger partial charge in [0.15, 0.2) is 5.13 Å². The van der Waals surface area contributed by atoms with Crippen LogP contribution in [0.5, 0.6) is 5.75 Å². The van der Waals surface area contributed by atoms with Crippen LogP contribution in [0.2, 0.25) is 0 Å². The normalized spacial score (nSPS) is 10.0. The number of rotatable bonds is 3. The molecule has 4 heteroatoms. The van der Waals surface area contributed by atoms with Crippen molar-refractivity contribution in [2.45, 2.75) is 6.61 Å². The predicted octanol–water partition coefficient (Wildman–Crippen LogP) is 2.30. The molecular weight excluding hydrogens is 196 g/mol. The van der Waals surface area contributed by atoms with Crippen LogP contribution in [0.3, 0.4) is 0 Å². The van der Waals surface area contributed by atoms with Crippen molar-refractivity contribution in [1.82, 2.24) is 4.98 Å². The van der Waals surface area contributed by atoms with Gasteiger partial charge in [0.2, 0.25) is 0 Å². The lowest BCUT2D eigenvalue weighted by atomic mass is 10.3. The molecule has 0 atom stereocenters. The summed E-state index contributed by atoms with van der Waals surface area (Å²) in [6.07, 6.45) is 1.74. The first-order valence-corrected chi connectivity index (χ1v) is 5.04. The number of aromatic nitrogens is 1. The lowest BCUT2D eigenvalue weighted by molar-refractivity contribution is 0.309. The zero-order chi connectivity index (χ0) is 9.80. The average molecular weight is 206 g/mol. The minimum Gasteiger partial charge on any atom is -0.488 e. The molecule has 0 aliphatic heterocycles. The minimum absolute atomic E-state index is 0.527. The van der Waals surface area contributed by atoms with E-state index in [1.807, 2.05) is 30.3 Å². The Balaban J connectivity index is 1.95. The Hall–Kier alpha value is -1.55. The summed E-state index contributed by atoms with van der Waals surface area (Å²) < 4.78 is 5.52. The van der Waals surface area contributed by atoms with Crippen molar-refractivity contribution in [3.05, 3.63) is 41.4 Å². The highest BCUT2D eigenvalue weighted by Gasteiger charge is 1.99. The first-order chi connectivity index (χ1) is 6.84. The highest BCUT2D eigenvalue weighted by atomic mass is 32.1. The van der Waals surface area contributed by atoms with Crippen LogP contribution in [0.25, 0.3) is 0 Å². The van der Waals surface area contributed by atoms with Crippen LogP contribution >= 0.6 is 11.3 Å². The number of hydrogen-bond acceptors (Lipinski definition) is 4. The lowest BCUT2D eigenvalue weighted by Gasteiger charge is -2.02. The Morgan fingerprint density at radius 2 is 2.07 bits per heavy atom. The van der Waals surface area contributed by atoms with Crippen LogP contribution in [0.15, 0.2) is 36.5 Å². The van der Waals surface area contributed by atoms with Gasteiger partial charge in [-0.15, -0.1) is 0 Å². The van der Waals surface area contributed by atoms with Gasteiger partial charge in [-0.05, 0) is 12.1 Å². The fraction of sp³-hybridized carbons (Fsp3) is 0.100. The molecule has 2 rings (SSSR count). The second-order valence-corrected chi connectivity index (χ2v) is 3.91. The SMILES string of the molecule is Nc1ncc(COc2ccccc2)s1. The van der Waals surface area contributed by atoms with Crippen LogP contribution in [0.4, 0.5) is 5.13 Å². The summed E-state index contributed by atoms with van der Waals surface area (Å²) in [5.41, 5.74) is 5.50. The van der Waals surface area contributed by atoms with Gasteiger partial charge in [-0.2, -0.15) is 0 Å². The summed E-state index contributed by atoms with van der Waals surface area (Å²) in [5.74, 6) is 0.861. The van der Waals surface area contributed by atoms with Crippen molar-refractivity contribution < 1.29 is 4.74 Å². The van der Waals surface area contributed by atoms with Gasteiger partial charge >= 0.3 is 0 Å². The van der Waals surface area contributed by atoms with E-state index in [1.165, 1.54) is 11.3 Å². The quantitative estimate of drug-likeness (QED) is 0.838. The summed E-state index contributed by atoms with van der Waals surface area (Å²) in [6.45, 7) is 0.527. The molecule has 14 heavy (non-hydrogen) atoms. The summed E-state index contributed by atoms with van der Waals surface area (Å²) in [7, 11) is 0. The number of nitrogens with zero attached hydrogens (tertiary/aromatic N) is 1. The molecule has 0 aliphatic rings. The number of para-hydroxylation sites is 1.